The van der Waals surface area contributed by atoms with Gasteiger partial charge in [0.1, 0.15) is 0 Å². The Morgan fingerprint density at radius 2 is 2.19 bits per heavy atom. The Bertz CT molecular complexity index is 857. The number of halogens is 1. The highest BCUT2D eigenvalue weighted by atomic mass is 35.5. The maximum atomic E-state index is 13.1. The van der Waals surface area contributed by atoms with Gasteiger partial charge in [-0.25, -0.2) is 0 Å². The molecule has 0 aromatic heterocycles. The van der Waals surface area contributed by atoms with E-state index in [1.165, 1.54) is 0 Å². The lowest BCUT2D eigenvalue weighted by atomic mass is 9.85. The number of amides is 2. The highest BCUT2D eigenvalue weighted by Crippen LogP contribution is 2.38. The molecule has 2 amide bonds. The minimum Gasteiger partial charge on any atom is -0.378 e. The van der Waals surface area contributed by atoms with Crippen LogP contribution in [-0.2, 0) is 19.9 Å². The van der Waals surface area contributed by atoms with E-state index in [9.17, 15) is 9.59 Å². The van der Waals surface area contributed by atoms with Gasteiger partial charge in [0.2, 0.25) is 11.8 Å². The molecule has 8 nitrogen and oxygen atoms in total. The number of nitrogens with one attached hydrogen (secondary N) is 3. The molecule has 0 radical (unpaired) electrons. The van der Waals surface area contributed by atoms with Crippen molar-refractivity contribution in [2.24, 2.45) is 0 Å². The zero-order valence-corrected chi connectivity index (χ0v) is 20.1. The van der Waals surface area contributed by atoms with Gasteiger partial charge in [-0.3, -0.25) is 19.9 Å². The van der Waals surface area contributed by atoms with Crippen molar-refractivity contribution >= 4 is 35.1 Å². The third-order valence-electron chi connectivity index (χ3n) is 6.11. The Morgan fingerprint density at radius 1 is 1.44 bits per heavy atom. The van der Waals surface area contributed by atoms with Crippen LogP contribution in [0, 0.1) is 5.41 Å². The van der Waals surface area contributed by atoms with Crippen molar-refractivity contribution < 1.29 is 14.3 Å². The molecule has 3 atom stereocenters. The number of hydrogen-bond donors (Lipinski definition) is 3. The summed E-state index contributed by atoms with van der Waals surface area (Å²) in [5.74, 6) is -0.127. The second-order valence-electron chi connectivity index (χ2n) is 9.23. The quantitative estimate of drug-likeness (QED) is 0.577. The van der Waals surface area contributed by atoms with Crippen molar-refractivity contribution in [2.75, 3.05) is 32.6 Å². The maximum Gasteiger partial charge on any atom is 0.232 e. The zero-order chi connectivity index (χ0) is 23.5. The second kappa shape index (κ2) is 10.2. The molecule has 0 saturated carbocycles. The van der Waals surface area contributed by atoms with Gasteiger partial charge in [0.25, 0.3) is 0 Å². The van der Waals surface area contributed by atoms with Crippen molar-refractivity contribution in [2.45, 2.75) is 63.6 Å². The average Bonchev–Trinajstić information content (AvgIpc) is 2.68. The van der Waals surface area contributed by atoms with Gasteiger partial charge in [0.05, 0.1) is 28.8 Å². The number of benzene rings is 1. The fourth-order valence-electron chi connectivity index (χ4n) is 4.46. The van der Waals surface area contributed by atoms with E-state index in [1.54, 1.807) is 11.0 Å². The minimum atomic E-state index is -0.843. The SMILES string of the molecule is C[C@@H]1C[C@H](N2C(=N)N[C@](C)(c3cccc(NC(=O)CCCN(C)C)c3Cl)CC2=O)CCO1. The Kier molecular flexibility index (Phi) is 7.79. The van der Waals surface area contributed by atoms with Crippen LogP contribution in [-0.4, -0.2) is 67.0 Å². The van der Waals surface area contributed by atoms with Crippen LogP contribution < -0.4 is 10.6 Å². The van der Waals surface area contributed by atoms with Crippen LogP contribution in [0.3, 0.4) is 0 Å². The van der Waals surface area contributed by atoms with Crippen molar-refractivity contribution in [1.82, 2.24) is 15.1 Å². The van der Waals surface area contributed by atoms with Crippen molar-refractivity contribution in [3.05, 3.63) is 28.8 Å². The number of rotatable bonds is 7. The van der Waals surface area contributed by atoms with Gasteiger partial charge < -0.3 is 20.3 Å². The number of guanidine groups is 1. The first kappa shape index (κ1) is 24.5. The normalized spacial score (nSPS) is 26.2. The summed E-state index contributed by atoms with van der Waals surface area (Å²) in [7, 11) is 3.94. The molecule has 3 N–H and O–H groups in total. The number of hydrogen-bond acceptors (Lipinski definition) is 5. The lowest BCUT2D eigenvalue weighted by Gasteiger charge is -2.45. The largest absolute Gasteiger partial charge is 0.378 e. The van der Waals surface area contributed by atoms with Gasteiger partial charge in [-0.15, -0.1) is 0 Å². The first-order chi connectivity index (χ1) is 15.1. The fraction of sp³-hybridized carbons (Fsp3) is 0.609. The number of nitrogens with zero attached hydrogens (tertiary/aromatic N) is 2. The molecule has 3 rings (SSSR count). The van der Waals surface area contributed by atoms with Crippen LogP contribution in [0.1, 0.15) is 51.5 Å². The van der Waals surface area contributed by atoms with Crippen LogP contribution in [0.25, 0.3) is 0 Å². The van der Waals surface area contributed by atoms with Gasteiger partial charge in [0.15, 0.2) is 5.96 Å². The molecular weight excluding hydrogens is 430 g/mol. The molecule has 0 spiro atoms. The number of anilines is 1. The third kappa shape index (κ3) is 5.60. The molecule has 2 aliphatic heterocycles. The molecular formula is C23H34ClN5O3. The van der Waals surface area contributed by atoms with Crippen molar-refractivity contribution in [3.8, 4) is 0 Å². The standard InChI is InChI=1S/C23H34ClN5O3/c1-15-13-16(10-12-32-15)29-20(31)14-23(2,27-22(29)25)17-7-5-8-18(21(17)24)26-19(30)9-6-11-28(3)4/h5,7-8,15-16H,6,9-14H2,1-4H3,(H2,25,27)(H,26,30)/t15-,16-,23+/m1/s1. The molecule has 1 aromatic carbocycles. The van der Waals surface area contributed by atoms with E-state index < -0.39 is 5.54 Å². The first-order valence-corrected chi connectivity index (χ1v) is 11.5. The Morgan fingerprint density at radius 3 is 2.84 bits per heavy atom. The summed E-state index contributed by atoms with van der Waals surface area (Å²) in [5.41, 5.74) is 0.356. The van der Waals surface area contributed by atoms with Crippen LogP contribution in [0.4, 0.5) is 5.69 Å². The number of carbonyl (C=O) groups excluding carboxylic acids is 2. The molecule has 2 heterocycles. The predicted octanol–water partition coefficient (Wildman–Crippen LogP) is 3.16. The predicted molar refractivity (Wildman–Crippen MR) is 126 cm³/mol. The number of carbonyl (C=O) groups is 2. The highest BCUT2D eigenvalue weighted by molar-refractivity contribution is 6.34. The minimum absolute atomic E-state index is 0.0425. The van der Waals surface area contributed by atoms with E-state index in [2.05, 4.69) is 10.6 Å². The Hall–Kier alpha value is -2.16. The lowest BCUT2D eigenvalue weighted by molar-refractivity contribution is -0.134. The molecule has 9 heteroatoms. The molecule has 32 heavy (non-hydrogen) atoms. The van der Waals surface area contributed by atoms with Crippen molar-refractivity contribution in [3.63, 3.8) is 0 Å². The van der Waals surface area contributed by atoms with Crippen LogP contribution in [0.5, 0.6) is 0 Å². The molecule has 0 aliphatic carbocycles. The smallest absolute Gasteiger partial charge is 0.232 e. The summed E-state index contributed by atoms with van der Waals surface area (Å²) in [4.78, 5) is 29.1. The van der Waals surface area contributed by atoms with Gasteiger partial charge in [-0.1, -0.05) is 23.7 Å². The Labute approximate surface area is 195 Å². The highest BCUT2D eigenvalue weighted by Gasteiger charge is 2.43. The zero-order valence-electron chi connectivity index (χ0n) is 19.3. The van der Waals surface area contributed by atoms with E-state index in [-0.39, 0.29) is 36.3 Å². The average molecular weight is 464 g/mol. The van der Waals surface area contributed by atoms with Crippen LogP contribution in [0.2, 0.25) is 5.02 Å². The molecule has 176 valence electrons. The second-order valence-corrected chi connectivity index (χ2v) is 9.61. The Balaban J connectivity index is 1.73. The summed E-state index contributed by atoms with van der Waals surface area (Å²) in [5, 5.41) is 15.1. The van der Waals surface area contributed by atoms with Gasteiger partial charge in [-0.05, 0) is 65.4 Å². The maximum absolute atomic E-state index is 13.1. The fourth-order valence-corrected chi connectivity index (χ4v) is 4.84. The summed E-state index contributed by atoms with van der Waals surface area (Å²) in [6.45, 7) is 5.27. The molecule has 2 fully saturated rings. The molecule has 2 saturated heterocycles. The van der Waals surface area contributed by atoms with Crippen LogP contribution >= 0.6 is 11.6 Å². The monoisotopic (exact) mass is 463 g/mol. The van der Waals surface area contributed by atoms with Crippen LogP contribution in [0.15, 0.2) is 18.2 Å². The van der Waals surface area contributed by atoms with E-state index in [4.69, 9.17) is 21.7 Å². The molecule has 0 unspecified atom stereocenters. The topological polar surface area (TPSA) is 97.8 Å². The molecule has 0 bridgehead atoms. The number of ether oxygens (including phenoxy) is 1. The van der Waals surface area contributed by atoms with E-state index >= 15 is 0 Å². The van der Waals surface area contributed by atoms with E-state index in [0.717, 1.165) is 13.0 Å². The summed E-state index contributed by atoms with van der Waals surface area (Å²) >= 11 is 6.69. The summed E-state index contributed by atoms with van der Waals surface area (Å²) < 4.78 is 5.59. The van der Waals surface area contributed by atoms with Gasteiger partial charge in [-0.2, -0.15) is 0 Å². The van der Waals surface area contributed by atoms with E-state index in [1.807, 2.05) is 45.0 Å². The van der Waals surface area contributed by atoms with Gasteiger partial charge >= 0.3 is 0 Å². The first-order valence-electron chi connectivity index (χ1n) is 11.1. The third-order valence-corrected chi connectivity index (χ3v) is 6.51. The van der Waals surface area contributed by atoms with E-state index in [0.29, 0.717) is 42.1 Å². The summed E-state index contributed by atoms with van der Waals surface area (Å²) in [6.07, 6.45) is 2.81. The molecule has 2 aliphatic rings. The van der Waals surface area contributed by atoms with Crippen molar-refractivity contribution in [1.29, 1.82) is 5.41 Å². The summed E-state index contributed by atoms with van der Waals surface area (Å²) in [6, 6.07) is 5.36. The lowest BCUT2D eigenvalue weighted by Crippen LogP contribution is -2.63. The molecule has 1 aromatic rings. The van der Waals surface area contributed by atoms with Gasteiger partial charge in [0, 0.05) is 19.1 Å².